The molecule has 7 heteroatoms. The molecule has 2 aromatic heterocycles. The van der Waals surface area contributed by atoms with E-state index in [1.54, 1.807) is 18.1 Å². The van der Waals surface area contributed by atoms with Crippen LogP contribution in [0.4, 0.5) is 0 Å². The van der Waals surface area contributed by atoms with Crippen molar-refractivity contribution in [3.05, 3.63) is 17.8 Å². The van der Waals surface area contributed by atoms with Crippen molar-refractivity contribution in [1.29, 1.82) is 0 Å². The molecule has 0 amide bonds. The zero-order chi connectivity index (χ0) is 11.8. The Morgan fingerprint density at radius 2 is 2.29 bits per heavy atom. The van der Waals surface area contributed by atoms with Gasteiger partial charge in [0, 0.05) is 5.25 Å². The van der Waals surface area contributed by atoms with Crippen molar-refractivity contribution in [2.45, 2.75) is 23.5 Å². The van der Waals surface area contributed by atoms with E-state index in [0.717, 1.165) is 18.5 Å². The Morgan fingerprint density at radius 3 is 3.06 bits per heavy atom. The van der Waals surface area contributed by atoms with Crippen molar-refractivity contribution in [3.63, 3.8) is 0 Å². The molecule has 0 radical (unpaired) electrons. The highest BCUT2D eigenvalue weighted by Crippen LogP contribution is 2.42. The van der Waals surface area contributed by atoms with Gasteiger partial charge in [-0.1, -0.05) is 11.6 Å². The second-order valence-corrected chi connectivity index (χ2v) is 5.80. The Labute approximate surface area is 107 Å². The van der Waals surface area contributed by atoms with E-state index in [0.29, 0.717) is 15.9 Å². The number of fused-ring (bicyclic) bond motifs is 1. The van der Waals surface area contributed by atoms with Crippen molar-refractivity contribution >= 4 is 34.5 Å². The fourth-order valence-electron chi connectivity index (χ4n) is 2.06. The predicted octanol–water partition coefficient (Wildman–Crippen LogP) is 1.87. The minimum Gasteiger partial charge on any atom is -0.395 e. The summed E-state index contributed by atoms with van der Waals surface area (Å²) >= 11 is 7.72. The van der Waals surface area contributed by atoms with Crippen LogP contribution in [0.25, 0.3) is 11.2 Å². The predicted molar refractivity (Wildman–Crippen MR) is 67.1 cm³/mol. The molecule has 1 aliphatic rings. The lowest BCUT2D eigenvalue weighted by molar-refractivity contribution is 0.292. The number of hydrogen-bond acceptors (Lipinski definition) is 5. The van der Waals surface area contributed by atoms with Crippen LogP contribution in [0.1, 0.15) is 18.2 Å². The zero-order valence-corrected chi connectivity index (χ0v) is 10.5. The van der Waals surface area contributed by atoms with E-state index in [4.69, 9.17) is 16.7 Å². The average Bonchev–Trinajstić information content (AvgIpc) is 2.94. The monoisotopic (exact) mass is 270 g/mol. The van der Waals surface area contributed by atoms with Crippen LogP contribution in [0.5, 0.6) is 0 Å². The van der Waals surface area contributed by atoms with Crippen LogP contribution in [-0.4, -0.2) is 36.5 Å². The molecule has 2 aromatic rings. The van der Waals surface area contributed by atoms with Gasteiger partial charge < -0.3 is 9.67 Å². The van der Waals surface area contributed by atoms with Crippen molar-refractivity contribution in [2.75, 3.05) is 6.61 Å². The van der Waals surface area contributed by atoms with Crippen LogP contribution < -0.4 is 0 Å². The van der Waals surface area contributed by atoms with Gasteiger partial charge in [-0.2, -0.15) is 0 Å². The summed E-state index contributed by atoms with van der Waals surface area (Å²) < 4.78 is 2.02. The van der Waals surface area contributed by atoms with Gasteiger partial charge in [-0.15, -0.1) is 11.8 Å². The first kappa shape index (κ1) is 11.3. The van der Waals surface area contributed by atoms with Gasteiger partial charge in [0.15, 0.2) is 10.8 Å². The third kappa shape index (κ3) is 1.90. The normalized spacial score (nSPS) is 24.6. The number of aliphatic hydroxyl groups is 1. The highest BCUT2D eigenvalue weighted by Gasteiger charge is 2.27. The summed E-state index contributed by atoms with van der Waals surface area (Å²) in [7, 11) is 0. The van der Waals surface area contributed by atoms with Crippen LogP contribution >= 0.6 is 23.4 Å². The summed E-state index contributed by atoms with van der Waals surface area (Å²) in [4.78, 5) is 12.4. The maximum absolute atomic E-state index is 9.15. The topological polar surface area (TPSA) is 63.8 Å². The van der Waals surface area contributed by atoms with Crippen molar-refractivity contribution < 1.29 is 5.11 Å². The van der Waals surface area contributed by atoms with E-state index in [-0.39, 0.29) is 12.0 Å². The average molecular weight is 271 g/mol. The van der Waals surface area contributed by atoms with Crippen molar-refractivity contribution in [3.8, 4) is 0 Å². The van der Waals surface area contributed by atoms with Crippen LogP contribution in [0, 0.1) is 0 Å². The van der Waals surface area contributed by atoms with Gasteiger partial charge in [0.25, 0.3) is 0 Å². The molecule has 0 aromatic carbocycles. The smallest absolute Gasteiger partial charge is 0.165 e. The van der Waals surface area contributed by atoms with Crippen LogP contribution in [-0.2, 0) is 0 Å². The molecule has 0 spiro atoms. The minimum atomic E-state index is 0.226. The van der Waals surface area contributed by atoms with Gasteiger partial charge in [-0.05, 0) is 12.8 Å². The lowest BCUT2D eigenvalue weighted by atomic mass is 10.2. The number of rotatable bonds is 2. The molecule has 3 rings (SSSR count). The highest BCUT2D eigenvalue weighted by molar-refractivity contribution is 8.00. The summed E-state index contributed by atoms with van der Waals surface area (Å²) in [5.41, 5.74) is 1.41. The Morgan fingerprint density at radius 1 is 1.41 bits per heavy atom. The van der Waals surface area contributed by atoms with Gasteiger partial charge in [-0.25, -0.2) is 15.0 Å². The first-order valence-corrected chi connectivity index (χ1v) is 6.71. The summed E-state index contributed by atoms with van der Waals surface area (Å²) in [5.74, 6) is 0. The quantitative estimate of drug-likeness (QED) is 0.844. The molecule has 0 unspecified atom stereocenters. The molecule has 1 N–H and O–H groups in total. The van der Waals surface area contributed by atoms with Gasteiger partial charge in [0.1, 0.15) is 11.8 Å². The Balaban J connectivity index is 1.99. The molecule has 17 heavy (non-hydrogen) atoms. The second kappa shape index (κ2) is 4.44. The van der Waals surface area contributed by atoms with E-state index in [9.17, 15) is 0 Å². The standard InChI is InChI=1S/C10H11ClN4OS/c11-9-8-10(13-4-12-9)15(5-14-8)7-2-1-6(3-16)17-7/h4-7,16H,1-3H2/t6-,7+/m1/s1. The molecule has 3 heterocycles. The number of aromatic nitrogens is 4. The van der Waals surface area contributed by atoms with Crippen molar-refractivity contribution in [2.24, 2.45) is 0 Å². The molecular formula is C10H11ClN4OS. The molecule has 0 bridgehead atoms. The van der Waals surface area contributed by atoms with Crippen LogP contribution in [0.3, 0.4) is 0 Å². The number of nitrogens with zero attached hydrogens (tertiary/aromatic N) is 4. The van der Waals surface area contributed by atoms with Crippen molar-refractivity contribution in [1.82, 2.24) is 19.5 Å². The summed E-state index contributed by atoms with van der Waals surface area (Å²) in [6, 6.07) is 0. The highest BCUT2D eigenvalue weighted by atomic mass is 35.5. The Hall–Kier alpha value is -0.850. The SMILES string of the molecule is OC[C@H]1CC[C@@H](n2cnc3c(Cl)ncnc32)S1. The van der Waals surface area contributed by atoms with Gasteiger partial charge in [-0.3, -0.25) is 0 Å². The summed E-state index contributed by atoms with van der Waals surface area (Å²) in [6.07, 6.45) is 5.24. The van der Waals surface area contributed by atoms with Crippen LogP contribution in [0.15, 0.2) is 12.7 Å². The van der Waals surface area contributed by atoms with Gasteiger partial charge in [0.05, 0.1) is 18.3 Å². The Kier molecular flexibility index (Phi) is 2.94. The fourth-order valence-corrected chi connectivity index (χ4v) is 3.60. The second-order valence-electron chi connectivity index (χ2n) is 3.96. The van der Waals surface area contributed by atoms with Crippen LogP contribution in [0.2, 0.25) is 5.15 Å². The maximum Gasteiger partial charge on any atom is 0.165 e. The number of halogens is 1. The maximum atomic E-state index is 9.15. The number of aliphatic hydroxyl groups excluding tert-OH is 1. The fraction of sp³-hybridized carbons (Fsp3) is 0.500. The molecule has 1 saturated heterocycles. The molecule has 1 fully saturated rings. The first-order valence-electron chi connectivity index (χ1n) is 5.39. The van der Waals surface area contributed by atoms with E-state index in [1.165, 1.54) is 6.33 Å². The summed E-state index contributed by atoms with van der Waals surface area (Å²) in [5, 5.41) is 10.1. The van der Waals surface area contributed by atoms with E-state index in [2.05, 4.69) is 15.0 Å². The molecule has 0 aliphatic carbocycles. The number of thioether (sulfide) groups is 1. The van der Waals surface area contributed by atoms with Gasteiger partial charge >= 0.3 is 0 Å². The first-order chi connectivity index (χ1) is 8.29. The number of hydrogen-bond donors (Lipinski definition) is 1. The lowest BCUT2D eigenvalue weighted by Gasteiger charge is -2.11. The lowest BCUT2D eigenvalue weighted by Crippen LogP contribution is -2.04. The molecule has 1 aliphatic heterocycles. The number of imidazole rings is 1. The zero-order valence-electron chi connectivity index (χ0n) is 8.95. The van der Waals surface area contributed by atoms with E-state index in [1.807, 2.05) is 4.57 Å². The molecule has 90 valence electrons. The molecule has 5 nitrogen and oxygen atoms in total. The molecule has 0 saturated carbocycles. The summed E-state index contributed by atoms with van der Waals surface area (Å²) in [6.45, 7) is 0.226. The Bertz CT molecular complexity index is 546. The van der Waals surface area contributed by atoms with E-state index >= 15 is 0 Å². The minimum absolute atomic E-state index is 0.226. The third-order valence-corrected chi connectivity index (χ3v) is 4.74. The van der Waals surface area contributed by atoms with Gasteiger partial charge in [0.2, 0.25) is 0 Å². The van der Waals surface area contributed by atoms with E-state index < -0.39 is 0 Å². The molecule has 2 atom stereocenters. The molecular weight excluding hydrogens is 260 g/mol. The largest absolute Gasteiger partial charge is 0.395 e. The third-order valence-electron chi connectivity index (χ3n) is 2.91.